The van der Waals surface area contributed by atoms with E-state index in [1.807, 2.05) is 36.1 Å². The van der Waals surface area contributed by atoms with Crippen LogP contribution in [0.15, 0.2) is 24.3 Å². The van der Waals surface area contributed by atoms with E-state index in [4.69, 9.17) is 4.74 Å². The zero-order chi connectivity index (χ0) is 13.0. The minimum atomic E-state index is -0.393. The lowest BCUT2D eigenvalue weighted by Crippen LogP contribution is -2.38. The number of rotatable bonds is 4. The van der Waals surface area contributed by atoms with Crippen LogP contribution in [-0.4, -0.2) is 30.0 Å². The smallest absolute Gasteiger partial charge is 0.263 e. The van der Waals surface area contributed by atoms with E-state index in [0.29, 0.717) is 0 Å². The highest BCUT2D eigenvalue weighted by Gasteiger charge is 2.24. The summed E-state index contributed by atoms with van der Waals surface area (Å²) in [5.41, 5.74) is 1.15. The summed E-state index contributed by atoms with van der Waals surface area (Å²) in [6.07, 6.45) is 2.75. The van der Waals surface area contributed by atoms with Gasteiger partial charge in [0.2, 0.25) is 0 Å². The normalized spacial score (nSPS) is 16.7. The van der Waals surface area contributed by atoms with Crippen molar-refractivity contribution in [2.75, 3.05) is 13.1 Å². The summed E-state index contributed by atoms with van der Waals surface area (Å²) < 4.78 is 5.82. The Morgan fingerprint density at radius 3 is 2.67 bits per heavy atom. The third kappa shape index (κ3) is 2.84. The van der Waals surface area contributed by atoms with Crippen molar-refractivity contribution in [2.45, 2.75) is 39.2 Å². The quantitative estimate of drug-likeness (QED) is 0.818. The van der Waals surface area contributed by atoms with E-state index in [9.17, 15) is 4.79 Å². The van der Waals surface area contributed by atoms with Crippen molar-refractivity contribution in [3.05, 3.63) is 29.8 Å². The van der Waals surface area contributed by atoms with Gasteiger partial charge in [-0.25, -0.2) is 0 Å². The highest BCUT2D eigenvalue weighted by molar-refractivity contribution is 5.81. The topological polar surface area (TPSA) is 29.5 Å². The zero-order valence-corrected chi connectivity index (χ0v) is 11.2. The predicted octanol–water partition coefficient (Wildman–Crippen LogP) is 2.64. The molecule has 1 saturated heterocycles. The fourth-order valence-electron chi connectivity index (χ4n) is 2.35. The lowest BCUT2D eigenvalue weighted by molar-refractivity contribution is -0.136. The van der Waals surface area contributed by atoms with Crippen LogP contribution in [0.1, 0.15) is 32.3 Å². The number of likely N-dealkylation sites (tertiary alicyclic amines) is 1. The number of para-hydroxylation sites is 1. The summed E-state index contributed by atoms with van der Waals surface area (Å²) in [6.45, 7) is 5.69. The van der Waals surface area contributed by atoms with Gasteiger partial charge < -0.3 is 9.64 Å². The Labute approximate surface area is 109 Å². The van der Waals surface area contributed by atoms with Crippen molar-refractivity contribution in [3.8, 4) is 5.75 Å². The summed E-state index contributed by atoms with van der Waals surface area (Å²) in [7, 11) is 0. The van der Waals surface area contributed by atoms with Gasteiger partial charge in [0.05, 0.1) is 0 Å². The molecule has 1 heterocycles. The first-order valence-corrected chi connectivity index (χ1v) is 6.75. The summed E-state index contributed by atoms with van der Waals surface area (Å²) in [5.74, 6) is 0.943. The molecule has 0 unspecified atom stereocenters. The van der Waals surface area contributed by atoms with Crippen LogP contribution in [0.5, 0.6) is 5.75 Å². The summed E-state index contributed by atoms with van der Waals surface area (Å²) >= 11 is 0. The molecule has 3 nitrogen and oxygen atoms in total. The van der Waals surface area contributed by atoms with Gasteiger partial charge in [-0.3, -0.25) is 4.79 Å². The molecule has 1 aliphatic rings. The maximum Gasteiger partial charge on any atom is 0.263 e. The molecule has 1 atom stereocenters. The highest BCUT2D eigenvalue weighted by Crippen LogP contribution is 2.20. The zero-order valence-electron chi connectivity index (χ0n) is 11.2. The molecule has 1 aromatic rings. The second-order valence-corrected chi connectivity index (χ2v) is 4.75. The second-order valence-electron chi connectivity index (χ2n) is 4.75. The highest BCUT2D eigenvalue weighted by atomic mass is 16.5. The maximum absolute atomic E-state index is 12.2. The number of carbonyl (C=O) groups excluding carboxylic acids is 1. The molecule has 0 spiro atoms. The van der Waals surface area contributed by atoms with E-state index >= 15 is 0 Å². The Hall–Kier alpha value is -1.51. The fraction of sp³-hybridized carbons (Fsp3) is 0.533. The Morgan fingerprint density at radius 2 is 2.00 bits per heavy atom. The van der Waals surface area contributed by atoms with Crippen LogP contribution < -0.4 is 4.74 Å². The Bertz CT molecular complexity index is 411. The molecular formula is C15H21NO2. The lowest BCUT2D eigenvalue weighted by atomic mass is 10.1. The molecule has 1 aromatic carbocycles. The summed E-state index contributed by atoms with van der Waals surface area (Å²) in [6, 6.07) is 7.93. The molecule has 0 aliphatic carbocycles. The van der Waals surface area contributed by atoms with Crippen molar-refractivity contribution in [2.24, 2.45) is 0 Å². The first-order chi connectivity index (χ1) is 8.72. The molecule has 0 aromatic heterocycles. The van der Waals surface area contributed by atoms with Crippen LogP contribution in [0.25, 0.3) is 0 Å². The minimum absolute atomic E-state index is 0.110. The molecular weight excluding hydrogens is 226 g/mol. The fourth-order valence-corrected chi connectivity index (χ4v) is 2.35. The molecule has 1 aliphatic heterocycles. The van der Waals surface area contributed by atoms with Gasteiger partial charge in [-0.15, -0.1) is 0 Å². The van der Waals surface area contributed by atoms with Gasteiger partial charge in [0.15, 0.2) is 6.10 Å². The second kappa shape index (κ2) is 5.89. The van der Waals surface area contributed by atoms with E-state index in [1.54, 1.807) is 0 Å². The van der Waals surface area contributed by atoms with E-state index in [2.05, 4.69) is 6.92 Å². The monoisotopic (exact) mass is 247 g/mol. The van der Waals surface area contributed by atoms with Crippen molar-refractivity contribution in [1.29, 1.82) is 0 Å². The number of hydrogen-bond acceptors (Lipinski definition) is 2. The van der Waals surface area contributed by atoms with Gasteiger partial charge in [0, 0.05) is 13.1 Å². The molecule has 98 valence electrons. The van der Waals surface area contributed by atoms with Crippen LogP contribution in [0.3, 0.4) is 0 Å². The van der Waals surface area contributed by atoms with Crippen molar-refractivity contribution >= 4 is 5.91 Å². The number of carbonyl (C=O) groups is 1. The van der Waals surface area contributed by atoms with Crippen molar-refractivity contribution in [3.63, 3.8) is 0 Å². The number of hydrogen-bond donors (Lipinski definition) is 0. The van der Waals surface area contributed by atoms with Crippen LogP contribution in [0.4, 0.5) is 0 Å². The molecule has 18 heavy (non-hydrogen) atoms. The average Bonchev–Trinajstić information content (AvgIpc) is 2.92. The minimum Gasteiger partial charge on any atom is -0.481 e. The third-order valence-corrected chi connectivity index (χ3v) is 3.42. The third-order valence-electron chi connectivity index (χ3n) is 3.42. The van der Waals surface area contributed by atoms with E-state index in [1.165, 1.54) is 0 Å². The first-order valence-electron chi connectivity index (χ1n) is 6.75. The number of aryl methyl sites for hydroxylation is 1. The number of benzene rings is 1. The van der Waals surface area contributed by atoms with Crippen molar-refractivity contribution < 1.29 is 9.53 Å². The largest absolute Gasteiger partial charge is 0.481 e. The van der Waals surface area contributed by atoms with Gasteiger partial charge in [0.1, 0.15) is 5.75 Å². The molecule has 0 radical (unpaired) electrons. The van der Waals surface area contributed by atoms with Gasteiger partial charge in [-0.2, -0.15) is 0 Å². The van der Waals surface area contributed by atoms with Crippen LogP contribution in [0, 0.1) is 0 Å². The molecule has 0 saturated carbocycles. The number of nitrogens with zero attached hydrogens (tertiary/aromatic N) is 1. The Balaban J connectivity index is 2.01. The predicted molar refractivity (Wildman–Crippen MR) is 71.7 cm³/mol. The molecule has 3 heteroatoms. The van der Waals surface area contributed by atoms with Crippen LogP contribution in [0.2, 0.25) is 0 Å². The molecule has 1 fully saturated rings. The number of ether oxygens (including phenoxy) is 1. The molecule has 2 rings (SSSR count). The van der Waals surface area contributed by atoms with Crippen molar-refractivity contribution in [1.82, 2.24) is 4.90 Å². The van der Waals surface area contributed by atoms with E-state index in [0.717, 1.165) is 43.7 Å². The average molecular weight is 247 g/mol. The van der Waals surface area contributed by atoms with Gasteiger partial charge in [0.25, 0.3) is 5.91 Å². The van der Waals surface area contributed by atoms with Gasteiger partial charge >= 0.3 is 0 Å². The molecule has 0 N–H and O–H groups in total. The maximum atomic E-state index is 12.2. The van der Waals surface area contributed by atoms with Crippen LogP contribution >= 0.6 is 0 Å². The van der Waals surface area contributed by atoms with Gasteiger partial charge in [-0.1, -0.05) is 25.1 Å². The molecule has 0 bridgehead atoms. The number of amides is 1. The Morgan fingerprint density at radius 1 is 1.33 bits per heavy atom. The summed E-state index contributed by atoms with van der Waals surface area (Å²) in [5, 5.41) is 0. The SMILES string of the molecule is CCc1ccccc1O[C@H](C)C(=O)N1CCCC1. The lowest BCUT2D eigenvalue weighted by Gasteiger charge is -2.22. The van der Waals surface area contributed by atoms with Gasteiger partial charge in [-0.05, 0) is 37.8 Å². The Kier molecular flexibility index (Phi) is 4.24. The first kappa shape index (κ1) is 12.9. The standard InChI is InChI=1S/C15H21NO2/c1-3-13-8-4-5-9-14(13)18-12(2)15(17)16-10-6-7-11-16/h4-5,8-9,12H,3,6-7,10-11H2,1-2H3/t12-/m1/s1. The summed E-state index contributed by atoms with van der Waals surface area (Å²) in [4.78, 5) is 14.1. The van der Waals surface area contributed by atoms with E-state index in [-0.39, 0.29) is 5.91 Å². The van der Waals surface area contributed by atoms with E-state index < -0.39 is 6.10 Å². The van der Waals surface area contributed by atoms with Crippen LogP contribution in [-0.2, 0) is 11.2 Å². The molecule has 1 amide bonds.